The van der Waals surface area contributed by atoms with E-state index in [0.717, 1.165) is 19.6 Å². The van der Waals surface area contributed by atoms with Crippen LogP contribution < -0.4 is 70.0 Å². The zero-order valence-electron chi connectivity index (χ0n) is 76.1. The number of nitrogens with zero attached hydrogens (tertiary/aromatic N) is 6. The first-order chi connectivity index (χ1) is 63.9. The number of aliphatic hydroxyl groups is 2. The Balaban J connectivity index is 1.07. The monoisotopic (exact) mass is 1860 g/mol. The van der Waals surface area contributed by atoms with Crippen LogP contribution in [0.2, 0.25) is 0 Å². The second-order valence-electron chi connectivity index (χ2n) is 34.1. The molecule has 3 fully saturated rings. The molecule has 44 heteroatoms. The molecule has 6 heterocycles. The Morgan fingerprint density at radius 3 is 1.69 bits per heavy atom. The number of imidazole rings is 1. The highest BCUT2D eigenvalue weighted by Gasteiger charge is 2.47. The van der Waals surface area contributed by atoms with Gasteiger partial charge in [-0.2, -0.15) is 0 Å². The number of likely N-dealkylation sites (N-methyl/N-ethyl adjacent to an activating group) is 3. The number of primary amides is 2. The smallest absolute Gasteiger partial charge is 0.305 e. The first-order valence-corrected chi connectivity index (χ1v) is 44.9. The van der Waals surface area contributed by atoms with E-state index in [1.165, 1.54) is 76.7 Å². The number of hydrogen-bond donors (Lipinski definition) is 20. The third kappa shape index (κ3) is 28.6. The number of amides is 17. The summed E-state index contributed by atoms with van der Waals surface area (Å²) in [5.74, 6) is -17.9. The summed E-state index contributed by atoms with van der Waals surface area (Å²) in [4.78, 5) is 278. The number of carboxylic acids is 1. The molecule has 0 radical (unpaired) electrons. The molecule has 0 aliphatic carbocycles. The van der Waals surface area contributed by atoms with Gasteiger partial charge < -0.3 is 130 Å². The fraction of sp³-hybridized carbons (Fsp3) is 0.522. The van der Waals surface area contributed by atoms with Crippen molar-refractivity contribution in [1.82, 2.24) is 103 Å². The first-order valence-electron chi connectivity index (χ1n) is 44.9. The number of carboxylic acid groups (broad SMARTS) is 1. The first kappa shape index (κ1) is 104. The minimum Gasteiger partial charge on any atom is -0.508 e. The van der Waals surface area contributed by atoms with Crippen molar-refractivity contribution in [1.29, 1.82) is 0 Å². The molecule has 22 N–H and O–H groups in total. The SMILES string of the molecule is CCCCC[C@H]1C(=O)N[C@@H](C)C(=O)N[C@H](C(=O)NCC(N)=O)CCCNCC(=O)N[C@@H](Cc2ccc(O)cc2)C(=O)N(C)[C@@H](C)C(=O)NC(CC(=O)O)C(=O)N2CCC[C@H]2C(=O)N[C@@H](Cc2cnc[nH]2)C(=O)N[C@@H](CCC(N)=O)C(=O)N2C[C@H](O)C[C@H]2C(=O)N[C@@H](Cc2c[nH]c3ccccc23)C(=O)N[C@@H](CO)C(=O)N[C@@H](Cc2c[nH]c3ccccc23)C(=O)N(C)[C@@H](CCCC)C(=O)N1C. The number of benzene rings is 3. The van der Waals surface area contributed by atoms with Crippen molar-refractivity contribution in [3.05, 3.63) is 120 Å². The number of phenols is 1. The van der Waals surface area contributed by atoms with E-state index in [-0.39, 0.29) is 82.3 Å². The van der Waals surface area contributed by atoms with E-state index < -0.39 is 255 Å². The van der Waals surface area contributed by atoms with E-state index in [0.29, 0.717) is 70.6 Å². The van der Waals surface area contributed by atoms with Gasteiger partial charge in [-0.1, -0.05) is 94.5 Å². The van der Waals surface area contributed by atoms with Gasteiger partial charge in [0, 0.05) is 119 Å². The van der Waals surface area contributed by atoms with Gasteiger partial charge in [-0.05, 0) is 106 Å². The Labute approximate surface area is 772 Å². The van der Waals surface area contributed by atoms with Gasteiger partial charge >= 0.3 is 5.97 Å². The molecule has 3 aliphatic rings. The van der Waals surface area contributed by atoms with Gasteiger partial charge in [0.05, 0.1) is 38.5 Å². The van der Waals surface area contributed by atoms with Crippen molar-refractivity contribution in [2.45, 2.75) is 240 Å². The molecule has 0 bridgehead atoms. The molecule has 3 aliphatic heterocycles. The van der Waals surface area contributed by atoms with Gasteiger partial charge in [0.15, 0.2) is 0 Å². The van der Waals surface area contributed by atoms with E-state index in [2.05, 4.69) is 78.4 Å². The van der Waals surface area contributed by atoms with E-state index in [1.54, 1.807) is 60.9 Å². The lowest BCUT2D eigenvalue weighted by Crippen LogP contribution is -2.61. The molecule has 0 saturated carbocycles. The minimum absolute atomic E-state index is 0.0144. The molecule has 726 valence electrons. The number of aromatic hydroxyl groups is 1. The lowest BCUT2D eigenvalue weighted by molar-refractivity contribution is -0.149. The third-order valence-corrected chi connectivity index (χ3v) is 24.3. The largest absolute Gasteiger partial charge is 0.508 e. The number of aromatic nitrogens is 4. The lowest BCUT2D eigenvalue weighted by Gasteiger charge is -2.36. The summed E-state index contributed by atoms with van der Waals surface area (Å²) in [6.45, 7) is 3.29. The van der Waals surface area contributed by atoms with Gasteiger partial charge in [-0.3, -0.25) is 86.3 Å². The number of phenolic OH excluding ortho intramolecular Hbond substituents is 1. The molecule has 3 aromatic heterocycles. The van der Waals surface area contributed by atoms with Crippen LogP contribution in [0.15, 0.2) is 97.7 Å². The van der Waals surface area contributed by atoms with Gasteiger partial charge in [-0.15, -0.1) is 0 Å². The normalized spacial score (nSPS) is 25.0. The number of para-hydroxylation sites is 2. The maximum absolute atomic E-state index is 15.7. The minimum atomic E-state index is -1.91. The molecule has 1 unspecified atom stereocenters. The Bertz CT molecular complexity index is 5180. The van der Waals surface area contributed by atoms with E-state index >= 15 is 33.6 Å². The fourth-order valence-electron chi connectivity index (χ4n) is 16.6. The third-order valence-electron chi connectivity index (χ3n) is 24.3. The Kier molecular flexibility index (Phi) is 38.4. The number of aliphatic hydroxyl groups excluding tert-OH is 2. The molecular formula is C90H124N22O22. The van der Waals surface area contributed by atoms with Crippen molar-refractivity contribution in [2.24, 2.45) is 11.5 Å². The van der Waals surface area contributed by atoms with Crippen LogP contribution in [0.1, 0.15) is 146 Å². The molecule has 3 aromatic carbocycles. The summed E-state index contributed by atoms with van der Waals surface area (Å²) in [7, 11) is 3.92. The quantitative estimate of drug-likeness (QED) is 0.0264. The maximum Gasteiger partial charge on any atom is 0.305 e. The van der Waals surface area contributed by atoms with Crippen molar-refractivity contribution in [3.8, 4) is 5.75 Å². The number of fused-ring (bicyclic) bond motifs is 4. The molecule has 9 rings (SSSR count). The average molecular weight is 1870 g/mol. The standard InChI is InChI=1S/C90H124N22O22/c1-8-10-12-25-69-83(127)99-49(3)77(121)101-61(79(123)97-44-74(92)117)23-17-33-93-45-75(118)100-65(35-51-27-29-55(114)30-28-51)86(130)108(5)50(4)78(122)105-67(40-76(119)120)89(133)111-34-18-26-70(111)84(128)104-64(38-54-43-94-48-98-54)81(125)102-62(31-32-73(91)116)88(132)112-46-56(115)39-72(112)85(129)103-63(36-52-41-95-59-21-15-13-19-57(52)59)80(124)107-68(47-113)82(126)106-66(37-53-42-96-60-22-16-14-20-58(53)60)87(131)110(7)71(24-11-9-2)90(134)109(69)6/h13-16,19-22,27-30,41-43,48-50,56,61-72,93,95-96,113-115H,8-12,17-18,23-26,31-40,44-47H2,1-7H3,(H2,91,116)(H2,92,117)(H,94,98)(H,97,123)(H,99,127)(H,100,118)(H,101,121)(H,102,125)(H,103,129)(H,104,128)(H,105,122)(H,106,126)(H,107,124)(H,119,120)/t49-,50-,56+,61-,62-,63-,64-,65-,66-,67?,68-,69-,70-,71-,72-/m0/s1. The topological polar surface area (TPSA) is 649 Å². The van der Waals surface area contributed by atoms with Crippen LogP contribution in [0.5, 0.6) is 5.75 Å². The summed E-state index contributed by atoms with van der Waals surface area (Å²) >= 11 is 0. The second kappa shape index (κ2) is 49.5. The van der Waals surface area contributed by atoms with Gasteiger partial charge in [0.1, 0.15) is 90.3 Å². The van der Waals surface area contributed by atoms with Crippen molar-refractivity contribution in [2.75, 3.05) is 60.5 Å². The number of aromatic amines is 3. The average Bonchev–Trinajstić information content (AvgIpc) is 1.52. The van der Waals surface area contributed by atoms with Crippen LogP contribution in [-0.2, 0) is 112 Å². The van der Waals surface area contributed by atoms with Gasteiger partial charge in [-0.25, -0.2) is 4.98 Å². The number of carbonyl (C=O) groups excluding carboxylic acids is 17. The second-order valence-corrected chi connectivity index (χ2v) is 34.1. The summed E-state index contributed by atoms with van der Waals surface area (Å²) in [5.41, 5.74) is 13.9. The predicted molar refractivity (Wildman–Crippen MR) is 483 cm³/mol. The summed E-state index contributed by atoms with van der Waals surface area (Å²) in [6, 6.07) is -2.62. The Morgan fingerprint density at radius 2 is 1.08 bits per heavy atom. The Morgan fingerprint density at radius 1 is 0.522 bits per heavy atom. The number of nitrogens with two attached hydrogens (primary N) is 2. The highest BCUT2D eigenvalue weighted by molar-refractivity contribution is 6.02. The molecular weight excluding hydrogens is 1740 g/mol. The molecule has 17 amide bonds. The number of rotatable bonds is 24. The number of aliphatic carboxylic acids is 1. The highest BCUT2D eigenvalue weighted by atomic mass is 16.4. The van der Waals surface area contributed by atoms with Crippen LogP contribution in [0.25, 0.3) is 21.8 Å². The fourth-order valence-corrected chi connectivity index (χ4v) is 16.6. The zero-order valence-corrected chi connectivity index (χ0v) is 76.1. The van der Waals surface area contributed by atoms with Crippen LogP contribution in [0.4, 0.5) is 0 Å². The summed E-state index contributed by atoms with van der Waals surface area (Å²) in [5, 5.41) is 73.0. The summed E-state index contributed by atoms with van der Waals surface area (Å²) in [6.07, 6.45) is 2.90. The van der Waals surface area contributed by atoms with Crippen molar-refractivity contribution >= 4 is 128 Å². The van der Waals surface area contributed by atoms with E-state index in [1.807, 2.05) is 13.8 Å². The molecule has 0 spiro atoms. The van der Waals surface area contributed by atoms with Gasteiger partial charge in [0.25, 0.3) is 0 Å². The highest BCUT2D eigenvalue weighted by Crippen LogP contribution is 2.28. The van der Waals surface area contributed by atoms with Crippen LogP contribution in [0, 0.1) is 0 Å². The maximum atomic E-state index is 15.7. The molecule has 15 atom stereocenters. The van der Waals surface area contributed by atoms with Crippen LogP contribution in [-0.4, -0.2) is 322 Å². The van der Waals surface area contributed by atoms with Crippen LogP contribution >= 0.6 is 0 Å². The van der Waals surface area contributed by atoms with Gasteiger partial charge in [0.2, 0.25) is 100 Å². The van der Waals surface area contributed by atoms with E-state index in [9.17, 15) is 73.2 Å². The molecule has 6 aromatic rings. The molecule has 44 nitrogen and oxygen atoms in total. The number of unbranched alkanes of at least 4 members (excludes halogenated alkanes) is 3. The zero-order chi connectivity index (χ0) is 97.7. The summed E-state index contributed by atoms with van der Waals surface area (Å²) < 4.78 is 0. The predicted octanol–water partition coefficient (Wildman–Crippen LogP) is -3.33. The number of hydrogen-bond acceptors (Lipinski definition) is 23. The molecule has 134 heavy (non-hydrogen) atoms. The Hall–Kier alpha value is -13.9. The molecule has 3 saturated heterocycles. The van der Waals surface area contributed by atoms with Crippen LogP contribution in [0.3, 0.4) is 0 Å². The number of carbonyl (C=O) groups is 18. The number of H-pyrrole nitrogens is 3. The van der Waals surface area contributed by atoms with Crippen molar-refractivity contribution in [3.63, 3.8) is 0 Å². The van der Waals surface area contributed by atoms with Crippen molar-refractivity contribution < 1.29 is 107 Å². The van der Waals surface area contributed by atoms with E-state index in [4.69, 9.17) is 11.5 Å². The lowest BCUT2D eigenvalue weighted by atomic mass is 10.00. The number of nitrogens with one attached hydrogen (secondary N) is 14.